The van der Waals surface area contributed by atoms with Gasteiger partial charge in [0.15, 0.2) is 0 Å². The lowest BCUT2D eigenvalue weighted by Gasteiger charge is -2.33. The smallest absolute Gasteiger partial charge is 0.416 e. The number of rotatable bonds is 6. The van der Waals surface area contributed by atoms with Gasteiger partial charge in [-0.15, -0.1) is 0 Å². The molecule has 0 aromatic heterocycles. The second-order valence-corrected chi connectivity index (χ2v) is 10.1. The number of halogens is 5. The Bertz CT molecular complexity index is 1310. The van der Waals surface area contributed by atoms with Gasteiger partial charge in [-0.1, -0.05) is 49.2 Å². The lowest BCUT2D eigenvalue weighted by Crippen LogP contribution is -2.38. The summed E-state index contributed by atoms with van der Waals surface area (Å²) in [5.74, 6) is 0.733. The predicted molar refractivity (Wildman–Crippen MR) is 138 cm³/mol. The van der Waals surface area contributed by atoms with Crippen molar-refractivity contribution in [3.05, 3.63) is 86.9 Å². The van der Waals surface area contributed by atoms with E-state index in [1.165, 1.54) is 18.1 Å². The molecule has 0 bridgehead atoms. The maximum Gasteiger partial charge on any atom is 0.416 e. The lowest BCUT2D eigenvalue weighted by atomic mass is 9.92. The Labute approximate surface area is 223 Å². The zero-order chi connectivity index (χ0) is 26.9. The standard InChI is InChI=1S/C28H26Cl2F3NO3/c1-16(2)17-4-9-25(36-3)22(13-17)21-7-5-19(28(31,32)33)12-18(21)15-34-11-10-26(37-27(34)35)23-14-20(29)6-8-24(23)30/h4-9,12-14,16,26H,10-11,15H2,1-3H3/t26-/m0/s1. The van der Waals surface area contributed by atoms with Gasteiger partial charge in [0.05, 0.1) is 12.7 Å². The van der Waals surface area contributed by atoms with Crippen LogP contribution >= 0.6 is 23.2 Å². The van der Waals surface area contributed by atoms with Crippen LogP contribution in [0.2, 0.25) is 10.0 Å². The van der Waals surface area contributed by atoms with E-state index in [1.54, 1.807) is 24.3 Å². The average molecular weight is 552 g/mol. The summed E-state index contributed by atoms with van der Waals surface area (Å²) in [6.45, 7) is 4.27. The number of amides is 1. The van der Waals surface area contributed by atoms with Crippen molar-refractivity contribution in [3.8, 4) is 16.9 Å². The Hall–Kier alpha value is -2.90. The second kappa shape index (κ2) is 10.8. The number of hydrogen-bond acceptors (Lipinski definition) is 3. The van der Waals surface area contributed by atoms with E-state index in [9.17, 15) is 18.0 Å². The van der Waals surface area contributed by atoms with Gasteiger partial charge in [-0.3, -0.25) is 0 Å². The number of hydrogen-bond donors (Lipinski definition) is 0. The van der Waals surface area contributed by atoms with E-state index in [-0.39, 0.29) is 19.0 Å². The molecule has 1 amide bonds. The average Bonchev–Trinajstić information content (AvgIpc) is 2.85. The first-order valence-electron chi connectivity index (χ1n) is 11.8. The third-order valence-electron chi connectivity index (χ3n) is 6.44. The number of nitrogens with zero attached hydrogens (tertiary/aromatic N) is 1. The molecule has 1 aliphatic rings. The molecule has 1 aliphatic heterocycles. The Balaban J connectivity index is 1.69. The molecule has 4 rings (SSSR count). The summed E-state index contributed by atoms with van der Waals surface area (Å²) >= 11 is 12.4. The van der Waals surface area contributed by atoms with Gasteiger partial charge in [0, 0.05) is 40.7 Å². The summed E-state index contributed by atoms with van der Waals surface area (Å²) in [6.07, 6.45) is -5.36. The van der Waals surface area contributed by atoms with E-state index in [4.69, 9.17) is 32.7 Å². The Morgan fingerprint density at radius 2 is 1.81 bits per heavy atom. The molecule has 1 heterocycles. The predicted octanol–water partition coefficient (Wildman–Crippen LogP) is 8.89. The van der Waals surface area contributed by atoms with Crippen LogP contribution in [0.25, 0.3) is 11.1 Å². The molecule has 1 atom stereocenters. The first-order valence-corrected chi connectivity index (χ1v) is 12.5. The van der Waals surface area contributed by atoms with Crippen molar-refractivity contribution >= 4 is 29.3 Å². The number of methoxy groups -OCH3 is 1. The topological polar surface area (TPSA) is 38.8 Å². The number of benzene rings is 3. The number of ether oxygens (including phenoxy) is 2. The Kier molecular flexibility index (Phi) is 7.95. The number of cyclic esters (lactones) is 1. The highest BCUT2D eigenvalue weighted by molar-refractivity contribution is 6.33. The zero-order valence-electron chi connectivity index (χ0n) is 20.5. The number of carbonyl (C=O) groups is 1. The van der Waals surface area contributed by atoms with E-state index in [1.807, 2.05) is 26.0 Å². The molecule has 0 spiro atoms. The molecule has 3 aromatic carbocycles. The summed E-state index contributed by atoms with van der Waals surface area (Å²) in [5, 5.41) is 0.886. The Morgan fingerprint density at radius 1 is 1.05 bits per heavy atom. The van der Waals surface area contributed by atoms with Gasteiger partial charge in [-0.05, 0) is 65.1 Å². The van der Waals surface area contributed by atoms with Crippen molar-refractivity contribution in [1.82, 2.24) is 4.90 Å². The number of carbonyl (C=O) groups excluding carboxylic acids is 1. The maximum absolute atomic E-state index is 13.6. The van der Waals surface area contributed by atoms with Gasteiger partial charge in [0.2, 0.25) is 0 Å². The van der Waals surface area contributed by atoms with Crippen LogP contribution in [0.15, 0.2) is 54.6 Å². The molecule has 1 fully saturated rings. The number of alkyl halides is 3. The van der Waals surface area contributed by atoms with Crippen molar-refractivity contribution in [2.24, 2.45) is 0 Å². The fourth-order valence-corrected chi connectivity index (χ4v) is 4.83. The molecule has 0 aliphatic carbocycles. The van der Waals surface area contributed by atoms with Crippen LogP contribution in [0.5, 0.6) is 5.75 Å². The highest BCUT2D eigenvalue weighted by Crippen LogP contribution is 2.40. The lowest BCUT2D eigenvalue weighted by molar-refractivity contribution is -0.137. The third kappa shape index (κ3) is 5.99. The van der Waals surface area contributed by atoms with E-state index < -0.39 is 23.9 Å². The molecule has 0 saturated carbocycles. The van der Waals surface area contributed by atoms with Crippen molar-refractivity contribution in [3.63, 3.8) is 0 Å². The molecular weight excluding hydrogens is 526 g/mol. The van der Waals surface area contributed by atoms with Gasteiger partial charge in [0.25, 0.3) is 0 Å². The minimum Gasteiger partial charge on any atom is -0.496 e. The van der Waals surface area contributed by atoms with Crippen molar-refractivity contribution < 1.29 is 27.4 Å². The molecule has 37 heavy (non-hydrogen) atoms. The van der Waals surface area contributed by atoms with Gasteiger partial charge in [0.1, 0.15) is 11.9 Å². The van der Waals surface area contributed by atoms with E-state index >= 15 is 0 Å². The van der Waals surface area contributed by atoms with Crippen molar-refractivity contribution in [2.45, 2.75) is 45.0 Å². The molecule has 4 nitrogen and oxygen atoms in total. The summed E-state index contributed by atoms with van der Waals surface area (Å²) in [5.41, 5.74) is 2.37. The highest BCUT2D eigenvalue weighted by atomic mass is 35.5. The normalized spacial score (nSPS) is 16.2. The van der Waals surface area contributed by atoms with Crippen LogP contribution in [0, 0.1) is 0 Å². The molecule has 3 aromatic rings. The molecule has 1 saturated heterocycles. The molecule has 0 unspecified atom stereocenters. The summed E-state index contributed by atoms with van der Waals surface area (Å²) in [4.78, 5) is 14.4. The largest absolute Gasteiger partial charge is 0.496 e. The SMILES string of the molecule is COc1ccc(C(C)C)cc1-c1ccc(C(F)(F)F)cc1CN1CC[C@@H](c2cc(Cl)ccc2Cl)OC1=O. The zero-order valence-corrected chi connectivity index (χ0v) is 22.0. The minimum absolute atomic E-state index is 0.0663. The van der Waals surface area contributed by atoms with Gasteiger partial charge >= 0.3 is 12.3 Å². The highest BCUT2D eigenvalue weighted by Gasteiger charge is 2.33. The first-order chi connectivity index (χ1) is 17.5. The summed E-state index contributed by atoms with van der Waals surface area (Å²) in [6, 6.07) is 14.1. The van der Waals surface area contributed by atoms with Crippen molar-refractivity contribution in [1.29, 1.82) is 0 Å². The fraction of sp³-hybridized carbons (Fsp3) is 0.321. The first kappa shape index (κ1) is 27.1. The van der Waals surface area contributed by atoms with Crippen molar-refractivity contribution in [2.75, 3.05) is 13.7 Å². The third-order valence-corrected chi connectivity index (χ3v) is 7.02. The van der Waals surface area contributed by atoms with Crippen LogP contribution in [-0.4, -0.2) is 24.6 Å². The van der Waals surface area contributed by atoms with Crippen LogP contribution in [0.4, 0.5) is 18.0 Å². The molecule has 9 heteroatoms. The van der Waals surface area contributed by atoms with Gasteiger partial charge in [-0.25, -0.2) is 4.79 Å². The summed E-state index contributed by atoms with van der Waals surface area (Å²) in [7, 11) is 1.51. The van der Waals surface area contributed by atoms with Gasteiger partial charge in [-0.2, -0.15) is 13.2 Å². The van der Waals surface area contributed by atoms with Crippen LogP contribution in [-0.2, 0) is 17.5 Å². The maximum atomic E-state index is 13.6. The quantitative estimate of drug-likeness (QED) is 0.307. The Morgan fingerprint density at radius 3 is 2.46 bits per heavy atom. The minimum atomic E-state index is -4.53. The monoisotopic (exact) mass is 551 g/mol. The molecule has 0 radical (unpaired) electrons. The summed E-state index contributed by atoms with van der Waals surface area (Å²) < 4.78 is 52.0. The van der Waals surface area contributed by atoms with E-state index in [0.29, 0.717) is 44.5 Å². The molecule has 196 valence electrons. The van der Waals surface area contributed by atoms with Crippen LogP contribution in [0.1, 0.15) is 54.5 Å². The second-order valence-electron chi connectivity index (χ2n) is 9.23. The van der Waals surface area contributed by atoms with Crippen LogP contribution < -0.4 is 4.74 Å². The van der Waals surface area contributed by atoms with E-state index in [2.05, 4.69) is 0 Å². The molecule has 0 N–H and O–H groups in total. The fourth-order valence-electron chi connectivity index (χ4n) is 4.41. The van der Waals surface area contributed by atoms with E-state index in [0.717, 1.165) is 17.7 Å². The molecular formula is C28H26Cl2F3NO3. The van der Waals surface area contributed by atoms with Crippen LogP contribution in [0.3, 0.4) is 0 Å². The van der Waals surface area contributed by atoms with Gasteiger partial charge < -0.3 is 14.4 Å².